The van der Waals surface area contributed by atoms with Gasteiger partial charge in [-0.1, -0.05) is 121 Å². The Morgan fingerprint density at radius 1 is 0.808 bits per heavy atom. The molecule has 2 aromatic heterocycles. The van der Waals surface area contributed by atoms with Crippen molar-refractivity contribution in [2.24, 2.45) is 9.98 Å². The number of aliphatic imine (C=N–C) groups is 2. The van der Waals surface area contributed by atoms with Gasteiger partial charge in [0.1, 0.15) is 5.84 Å². The third-order valence-corrected chi connectivity index (χ3v) is 9.20. The molecule has 0 bridgehead atoms. The summed E-state index contributed by atoms with van der Waals surface area (Å²) in [5, 5.41) is 10.6. The van der Waals surface area contributed by atoms with Gasteiger partial charge < -0.3 is 0 Å². The van der Waals surface area contributed by atoms with Crippen molar-refractivity contribution in [3.8, 4) is 0 Å². The molecule has 5 nitrogen and oxygen atoms in total. The van der Waals surface area contributed by atoms with Gasteiger partial charge in [-0.3, -0.25) is 14.6 Å². The summed E-state index contributed by atoms with van der Waals surface area (Å²) in [6.07, 6.45) is 21.3. The number of hydrogen-bond donors (Lipinski definition) is 0. The molecule has 0 saturated heterocycles. The van der Waals surface area contributed by atoms with E-state index < -0.39 is 0 Å². The third-order valence-electron chi connectivity index (χ3n) is 9.20. The topological polar surface area (TPSA) is 47.5 Å². The Labute approximate surface area is 305 Å². The summed E-state index contributed by atoms with van der Waals surface area (Å²) < 4.78 is 4.30. The van der Waals surface area contributed by atoms with Crippen LogP contribution in [0.25, 0.3) is 61.0 Å². The maximum absolute atomic E-state index is 5.32. The lowest BCUT2D eigenvalue weighted by atomic mass is 10.0. The predicted octanol–water partition coefficient (Wildman–Crippen LogP) is 12.1. The number of rotatable bonds is 11. The SMILES string of the molecule is C=CCC=C/C=C(\C)n1ncc2c3c4cc5cccc(/C=C\C=C/C)c5cc4n(C(/C=C(\N=C)c4ccccc4)=NCc4ccccc4)c3ccc21. The summed E-state index contributed by atoms with van der Waals surface area (Å²) in [5.74, 6) is 0.770. The Kier molecular flexibility index (Phi) is 10.1. The monoisotopic (exact) mass is 675 g/mol. The van der Waals surface area contributed by atoms with Crippen LogP contribution in [0.4, 0.5) is 0 Å². The Balaban J connectivity index is 1.56. The van der Waals surface area contributed by atoms with E-state index in [2.05, 4.69) is 151 Å². The van der Waals surface area contributed by atoms with Gasteiger partial charge in [0, 0.05) is 33.5 Å². The van der Waals surface area contributed by atoms with E-state index in [-0.39, 0.29) is 0 Å². The first-order valence-electron chi connectivity index (χ1n) is 17.6. The van der Waals surface area contributed by atoms with Gasteiger partial charge >= 0.3 is 0 Å². The van der Waals surface area contributed by atoms with Crippen LogP contribution in [0.5, 0.6) is 0 Å². The Morgan fingerprint density at radius 3 is 2.37 bits per heavy atom. The number of nitrogens with zero attached hydrogens (tertiary/aromatic N) is 5. The molecule has 0 unspecified atom stereocenters. The second-order valence-electron chi connectivity index (χ2n) is 12.6. The molecule has 254 valence electrons. The highest BCUT2D eigenvalue weighted by Crippen LogP contribution is 2.39. The zero-order chi connectivity index (χ0) is 35.9. The molecule has 0 atom stereocenters. The normalized spacial score (nSPS) is 13.2. The molecular weight excluding hydrogens is 635 g/mol. The first-order chi connectivity index (χ1) is 25.6. The van der Waals surface area contributed by atoms with Gasteiger partial charge in [0.2, 0.25) is 0 Å². The van der Waals surface area contributed by atoms with Crippen LogP contribution in [0.3, 0.4) is 0 Å². The van der Waals surface area contributed by atoms with Crippen molar-refractivity contribution in [1.29, 1.82) is 0 Å². The molecule has 5 aromatic carbocycles. The Bertz CT molecular complexity index is 2600. The average molecular weight is 676 g/mol. The summed E-state index contributed by atoms with van der Waals surface area (Å²) in [7, 11) is 0. The van der Waals surface area contributed by atoms with E-state index >= 15 is 0 Å². The van der Waals surface area contributed by atoms with Crippen LogP contribution in [0.2, 0.25) is 0 Å². The molecule has 0 amide bonds. The largest absolute Gasteiger partial charge is 0.294 e. The van der Waals surface area contributed by atoms with E-state index in [4.69, 9.17) is 10.1 Å². The van der Waals surface area contributed by atoms with Crippen LogP contribution in [-0.4, -0.2) is 26.9 Å². The smallest absolute Gasteiger partial charge is 0.135 e. The average Bonchev–Trinajstić information content (AvgIpc) is 3.76. The number of allylic oxidation sites excluding steroid dienone is 9. The molecule has 52 heavy (non-hydrogen) atoms. The first kappa shape index (κ1) is 33.9. The lowest BCUT2D eigenvalue weighted by molar-refractivity contribution is 0.925. The molecule has 0 aliphatic heterocycles. The highest BCUT2D eigenvalue weighted by molar-refractivity contribution is 6.26. The molecule has 0 fully saturated rings. The first-order valence-corrected chi connectivity index (χ1v) is 17.6. The van der Waals surface area contributed by atoms with Crippen molar-refractivity contribution in [1.82, 2.24) is 14.3 Å². The van der Waals surface area contributed by atoms with E-state index in [1.54, 1.807) is 0 Å². The van der Waals surface area contributed by atoms with E-state index in [0.717, 1.165) is 83.8 Å². The van der Waals surface area contributed by atoms with Crippen LogP contribution in [0, 0.1) is 0 Å². The van der Waals surface area contributed by atoms with E-state index in [9.17, 15) is 0 Å². The lowest BCUT2D eigenvalue weighted by Gasteiger charge is -2.12. The second kappa shape index (κ2) is 15.5. The Hall–Kier alpha value is -6.59. The zero-order valence-electron chi connectivity index (χ0n) is 29.7. The van der Waals surface area contributed by atoms with Crippen molar-refractivity contribution in [3.05, 3.63) is 181 Å². The van der Waals surface area contributed by atoms with Crippen molar-refractivity contribution < 1.29 is 0 Å². The maximum Gasteiger partial charge on any atom is 0.135 e. The lowest BCUT2D eigenvalue weighted by Crippen LogP contribution is -2.10. The Morgan fingerprint density at radius 2 is 1.60 bits per heavy atom. The molecule has 0 aliphatic carbocycles. The van der Waals surface area contributed by atoms with Gasteiger partial charge in [-0.15, -0.1) is 6.58 Å². The predicted molar refractivity (Wildman–Crippen MR) is 225 cm³/mol. The quantitative estimate of drug-likeness (QED) is 0.0582. The number of aromatic nitrogens is 3. The third kappa shape index (κ3) is 6.77. The van der Waals surface area contributed by atoms with Gasteiger partial charge in [0.15, 0.2) is 0 Å². The summed E-state index contributed by atoms with van der Waals surface area (Å²) in [4.78, 5) is 9.83. The minimum Gasteiger partial charge on any atom is -0.294 e. The molecule has 0 N–H and O–H groups in total. The van der Waals surface area contributed by atoms with Gasteiger partial charge in [0.05, 0.1) is 35.0 Å². The fraction of sp³-hybridized carbons (Fsp3) is 0.0851. The fourth-order valence-corrected chi connectivity index (χ4v) is 6.70. The molecular formula is C47H41N5. The minimum atomic E-state index is 0.501. The molecule has 7 aromatic rings. The molecule has 5 heteroatoms. The van der Waals surface area contributed by atoms with E-state index in [1.807, 2.05) is 54.2 Å². The fourth-order valence-electron chi connectivity index (χ4n) is 6.70. The highest BCUT2D eigenvalue weighted by atomic mass is 15.3. The molecule has 7 rings (SSSR count). The van der Waals surface area contributed by atoms with Gasteiger partial charge in [-0.25, -0.2) is 4.68 Å². The summed E-state index contributed by atoms with van der Waals surface area (Å²) in [5.41, 5.74) is 8.14. The molecule has 2 heterocycles. The number of fused-ring (bicyclic) bond motifs is 6. The highest BCUT2D eigenvalue weighted by Gasteiger charge is 2.20. The van der Waals surface area contributed by atoms with Crippen LogP contribution < -0.4 is 0 Å². The van der Waals surface area contributed by atoms with Gasteiger partial charge in [-0.2, -0.15) is 5.10 Å². The van der Waals surface area contributed by atoms with Crippen molar-refractivity contribution in [2.75, 3.05) is 0 Å². The molecule has 0 radical (unpaired) electrons. The van der Waals surface area contributed by atoms with Crippen LogP contribution in [0.15, 0.2) is 174 Å². The number of hydrogen-bond acceptors (Lipinski definition) is 3. The summed E-state index contributed by atoms with van der Waals surface area (Å²) >= 11 is 0. The van der Waals surface area contributed by atoms with Crippen LogP contribution >= 0.6 is 0 Å². The van der Waals surface area contributed by atoms with Crippen molar-refractivity contribution in [2.45, 2.75) is 26.8 Å². The van der Waals surface area contributed by atoms with Crippen molar-refractivity contribution >= 4 is 73.5 Å². The van der Waals surface area contributed by atoms with Gasteiger partial charge in [0.25, 0.3) is 0 Å². The molecule has 0 aliphatic rings. The standard InChI is InChI=1S/C47H41N5/c1-5-7-9-13-19-34(3)52-43-27-28-44-47(41(43)33-50-52)40-29-38-26-18-25-36(22-12-8-6-2)39(38)30-45(40)51(44)46(49-32-35-20-14-10-15-21-35)31-42(48-4)37-23-16-11-17-24-37/h5-6,8-31,33H,1,4,7,32H2,2-3H3/b8-6-,13-9?,22-12-,34-19+,42-31-,49-46?. The summed E-state index contributed by atoms with van der Waals surface area (Å²) in [6.45, 7) is 12.4. The summed E-state index contributed by atoms with van der Waals surface area (Å²) in [6, 6.07) is 36.0. The molecule has 0 spiro atoms. The maximum atomic E-state index is 5.32. The van der Waals surface area contributed by atoms with E-state index in [0.29, 0.717) is 6.54 Å². The minimum absolute atomic E-state index is 0.501. The van der Waals surface area contributed by atoms with Crippen LogP contribution in [-0.2, 0) is 6.54 Å². The zero-order valence-corrected chi connectivity index (χ0v) is 29.7. The van der Waals surface area contributed by atoms with Crippen molar-refractivity contribution in [3.63, 3.8) is 0 Å². The molecule has 0 saturated carbocycles. The van der Waals surface area contributed by atoms with E-state index in [1.165, 1.54) is 0 Å². The number of benzene rings is 5. The van der Waals surface area contributed by atoms with Gasteiger partial charge in [-0.05, 0) is 79.2 Å². The second-order valence-corrected chi connectivity index (χ2v) is 12.6. The van der Waals surface area contributed by atoms with Crippen LogP contribution in [0.1, 0.15) is 37.0 Å².